The summed E-state index contributed by atoms with van der Waals surface area (Å²) >= 11 is 0. The molecule has 160 valence electrons. The van der Waals surface area contributed by atoms with Crippen LogP contribution in [-0.2, 0) is 6.42 Å². The van der Waals surface area contributed by atoms with Gasteiger partial charge in [-0.2, -0.15) is 13.2 Å². The molecule has 0 unspecified atom stereocenters. The van der Waals surface area contributed by atoms with E-state index in [9.17, 15) is 18.0 Å². The zero-order valence-electron chi connectivity index (χ0n) is 16.9. The summed E-state index contributed by atoms with van der Waals surface area (Å²) in [6.45, 7) is 1.73. The van der Waals surface area contributed by atoms with E-state index in [1.807, 2.05) is 18.2 Å². The van der Waals surface area contributed by atoms with Gasteiger partial charge in [0.2, 0.25) is 0 Å². The molecule has 8 heteroatoms. The zero-order valence-corrected chi connectivity index (χ0v) is 16.9. The van der Waals surface area contributed by atoms with Crippen molar-refractivity contribution in [1.29, 1.82) is 0 Å². The average Bonchev–Trinajstić information content (AvgIpc) is 3.18. The number of pyridine rings is 2. The summed E-state index contributed by atoms with van der Waals surface area (Å²) in [7, 11) is 0. The monoisotopic (exact) mass is 434 g/mol. The van der Waals surface area contributed by atoms with Crippen LogP contribution in [0.4, 0.5) is 13.2 Å². The highest BCUT2D eigenvalue weighted by Gasteiger charge is 2.27. The van der Waals surface area contributed by atoms with Crippen molar-refractivity contribution in [3.05, 3.63) is 88.2 Å². The molecule has 0 amide bonds. The highest BCUT2D eigenvalue weighted by Crippen LogP contribution is 2.26. The van der Waals surface area contributed by atoms with Gasteiger partial charge in [0.1, 0.15) is 0 Å². The Labute approximate surface area is 180 Å². The molecule has 5 aromatic rings. The van der Waals surface area contributed by atoms with Crippen LogP contribution < -0.4 is 5.43 Å². The van der Waals surface area contributed by atoms with Gasteiger partial charge in [0.25, 0.3) is 0 Å². The van der Waals surface area contributed by atoms with Crippen molar-refractivity contribution in [3.63, 3.8) is 0 Å². The molecule has 1 N–H and O–H groups in total. The van der Waals surface area contributed by atoms with E-state index in [-0.39, 0.29) is 11.0 Å². The van der Waals surface area contributed by atoms with E-state index < -0.39 is 12.6 Å². The van der Waals surface area contributed by atoms with E-state index in [1.54, 1.807) is 48.0 Å². The molecule has 3 aromatic heterocycles. The number of aromatic nitrogens is 4. The largest absolute Gasteiger partial charge is 0.393 e. The molecule has 2 aromatic carbocycles. The van der Waals surface area contributed by atoms with Crippen molar-refractivity contribution >= 4 is 16.6 Å². The van der Waals surface area contributed by atoms with Gasteiger partial charge in [0.05, 0.1) is 12.1 Å². The number of nitrogens with one attached hydrogen (secondary N) is 1. The van der Waals surface area contributed by atoms with Crippen LogP contribution in [0.5, 0.6) is 0 Å². The van der Waals surface area contributed by atoms with Crippen LogP contribution in [0.2, 0.25) is 0 Å². The van der Waals surface area contributed by atoms with Crippen LogP contribution in [0.25, 0.3) is 39.2 Å². The van der Waals surface area contributed by atoms with Crippen LogP contribution in [0.3, 0.4) is 0 Å². The van der Waals surface area contributed by atoms with E-state index >= 15 is 0 Å². The van der Waals surface area contributed by atoms with E-state index in [4.69, 9.17) is 0 Å². The third-order valence-corrected chi connectivity index (χ3v) is 5.37. The Hall–Kier alpha value is -3.94. The molecule has 32 heavy (non-hydrogen) atoms. The van der Waals surface area contributed by atoms with Crippen LogP contribution in [0.1, 0.15) is 11.1 Å². The Morgan fingerprint density at radius 2 is 1.81 bits per heavy atom. The molecule has 0 atom stereocenters. The molecule has 0 aliphatic carbocycles. The molecule has 0 saturated heterocycles. The first-order chi connectivity index (χ1) is 15.3. The predicted octanol–water partition coefficient (Wildman–Crippen LogP) is 5.32. The van der Waals surface area contributed by atoms with Gasteiger partial charge >= 0.3 is 6.18 Å². The fourth-order valence-electron chi connectivity index (χ4n) is 3.81. The Balaban J connectivity index is 1.58. The summed E-state index contributed by atoms with van der Waals surface area (Å²) in [6.07, 6.45) is -3.53. The molecule has 3 heterocycles. The van der Waals surface area contributed by atoms with Gasteiger partial charge in [-0.1, -0.05) is 36.4 Å². The number of H-pyrrole nitrogens is 1. The Morgan fingerprint density at radius 3 is 2.62 bits per heavy atom. The average molecular weight is 434 g/mol. The second-order valence-electron chi connectivity index (χ2n) is 7.65. The first-order valence-electron chi connectivity index (χ1n) is 9.93. The van der Waals surface area contributed by atoms with Crippen LogP contribution >= 0.6 is 0 Å². The number of aromatic amines is 1. The number of halogens is 3. The lowest BCUT2D eigenvalue weighted by atomic mass is 10.0. The van der Waals surface area contributed by atoms with E-state index in [1.165, 1.54) is 12.1 Å². The van der Waals surface area contributed by atoms with Gasteiger partial charge in [0, 0.05) is 28.2 Å². The van der Waals surface area contributed by atoms with E-state index in [0.717, 1.165) is 0 Å². The summed E-state index contributed by atoms with van der Waals surface area (Å²) in [5, 5.41) is 5.11. The number of hydrogen-bond acceptors (Lipinski definition) is 3. The summed E-state index contributed by atoms with van der Waals surface area (Å²) < 4.78 is 39.8. The van der Waals surface area contributed by atoms with E-state index in [0.29, 0.717) is 44.8 Å². The highest BCUT2D eigenvalue weighted by atomic mass is 19.4. The lowest BCUT2D eigenvalue weighted by molar-refractivity contribution is -0.127. The fraction of sp³-hybridized carbons (Fsp3) is 0.125. The third kappa shape index (κ3) is 3.64. The quantitative estimate of drug-likeness (QED) is 0.418. The number of fused-ring (bicyclic) bond motifs is 2. The molecule has 0 fully saturated rings. The summed E-state index contributed by atoms with van der Waals surface area (Å²) in [5.41, 5.74) is 3.77. The maximum absolute atomic E-state index is 12.8. The zero-order chi connectivity index (χ0) is 22.5. The fourth-order valence-corrected chi connectivity index (χ4v) is 3.81. The van der Waals surface area contributed by atoms with Crippen LogP contribution in [-0.4, -0.2) is 25.8 Å². The van der Waals surface area contributed by atoms with Crippen molar-refractivity contribution < 1.29 is 13.2 Å². The summed E-state index contributed by atoms with van der Waals surface area (Å²) in [5.74, 6) is 0.369. The normalized spacial score (nSPS) is 12.0. The predicted molar refractivity (Wildman–Crippen MR) is 116 cm³/mol. The van der Waals surface area contributed by atoms with Gasteiger partial charge in [-0.05, 0) is 42.3 Å². The minimum absolute atomic E-state index is 0.0876. The number of benzene rings is 2. The SMILES string of the molecule is Cc1c(-c2nc3ccc(-c4cccc(CC(F)(F)F)c4)cn3n2)[nH]c2ccccc2c1=O. The standard InChI is InChI=1S/C24H17F3N4O/c1-14-21(28-19-8-3-2-7-18(19)22(14)32)23-29-20-10-9-17(13-31(20)30-23)16-6-4-5-15(11-16)12-24(25,26)27/h2-11,13H,12H2,1H3,(H,28,32). The summed E-state index contributed by atoms with van der Waals surface area (Å²) in [6, 6.07) is 17.1. The van der Waals surface area contributed by atoms with Gasteiger partial charge in [-0.25, -0.2) is 9.50 Å². The number of rotatable bonds is 3. The molecular formula is C24H17F3N4O. The van der Waals surface area contributed by atoms with Crippen molar-refractivity contribution in [3.8, 4) is 22.6 Å². The van der Waals surface area contributed by atoms with Crippen LogP contribution in [0.15, 0.2) is 71.7 Å². The maximum atomic E-state index is 12.8. The molecule has 0 spiro atoms. The number of hydrogen-bond donors (Lipinski definition) is 1. The molecule has 0 saturated carbocycles. The second kappa shape index (κ2) is 7.33. The van der Waals surface area contributed by atoms with Crippen LogP contribution in [0, 0.1) is 6.92 Å². The minimum atomic E-state index is -4.27. The smallest absolute Gasteiger partial charge is 0.351 e. The van der Waals surface area contributed by atoms with Crippen molar-refractivity contribution in [2.24, 2.45) is 0 Å². The van der Waals surface area contributed by atoms with E-state index in [2.05, 4.69) is 15.1 Å². The molecule has 0 bridgehead atoms. The highest BCUT2D eigenvalue weighted by molar-refractivity contribution is 5.82. The molecule has 5 nitrogen and oxygen atoms in total. The Morgan fingerprint density at radius 1 is 1.00 bits per heavy atom. The topological polar surface area (TPSA) is 63.1 Å². The summed E-state index contributed by atoms with van der Waals surface area (Å²) in [4.78, 5) is 20.5. The maximum Gasteiger partial charge on any atom is 0.393 e. The van der Waals surface area contributed by atoms with Gasteiger partial charge in [0.15, 0.2) is 16.9 Å². The number of para-hydroxylation sites is 1. The molecule has 0 aliphatic rings. The van der Waals surface area contributed by atoms with Crippen molar-refractivity contribution in [2.75, 3.05) is 0 Å². The number of nitrogens with zero attached hydrogens (tertiary/aromatic N) is 3. The number of alkyl halides is 3. The lowest BCUT2D eigenvalue weighted by Gasteiger charge is -2.08. The Bertz CT molecular complexity index is 1530. The molecule has 0 aliphatic heterocycles. The molecule has 0 radical (unpaired) electrons. The minimum Gasteiger partial charge on any atom is -0.351 e. The van der Waals surface area contributed by atoms with Gasteiger partial charge in [-0.15, -0.1) is 5.10 Å². The first kappa shape index (κ1) is 20.0. The molecular weight excluding hydrogens is 417 g/mol. The molecule has 5 rings (SSSR count). The second-order valence-corrected chi connectivity index (χ2v) is 7.65. The third-order valence-electron chi connectivity index (χ3n) is 5.37. The van der Waals surface area contributed by atoms with Crippen molar-refractivity contribution in [1.82, 2.24) is 19.6 Å². The first-order valence-corrected chi connectivity index (χ1v) is 9.93. The Kier molecular flexibility index (Phi) is 4.58. The lowest BCUT2D eigenvalue weighted by Crippen LogP contribution is -2.11. The van der Waals surface area contributed by atoms with Gasteiger partial charge in [-0.3, -0.25) is 4.79 Å². The van der Waals surface area contributed by atoms with Crippen molar-refractivity contribution in [2.45, 2.75) is 19.5 Å². The van der Waals surface area contributed by atoms with Gasteiger partial charge < -0.3 is 4.98 Å².